The summed E-state index contributed by atoms with van der Waals surface area (Å²) >= 11 is 0. The summed E-state index contributed by atoms with van der Waals surface area (Å²) in [6.45, 7) is 15.3. The number of anilines is 1. The van der Waals surface area contributed by atoms with Gasteiger partial charge in [0.05, 0.1) is 23.3 Å². The van der Waals surface area contributed by atoms with Gasteiger partial charge in [0, 0.05) is 43.5 Å². The number of hydrogen-bond acceptors (Lipinski definition) is 6. The number of carbonyl (C=O) groups is 1. The predicted octanol–water partition coefficient (Wildman–Crippen LogP) is 4.00. The van der Waals surface area contributed by atoms with Gasteiger partial charge in [0.1, 0.15) is 12.1 Å². The van der Waals surface area contributed by atoms with Gasteiger partial charge in [-0.05, 0) is 63.0 Å². The third kappa shape index (κ3) is 4.68. The van der Waals surface area contributed by atoms with Gasteiger partial charge in [-0.2, -0.15) is 5.10 Å². The van der Waals surface area contributed by atoms with Crippen LogP contribution in [0.25, 0.3) is 27.9 Å². The lowest BCUT2D eigenvalue weighted by atomic mass is 9.95. The number of likely N-dealkylation sites (N-methyl/N-ethyl adjacent to an activating group) is 1. The van der Waals surface area contributed by atoms with Gasteiger partial charge in [-0.15, -0.1) is 0 Å². The molecule has 0 bridgehead atoms. The van der Waals surface area contributed by atoms with Crippen LogP contribution in [0.3, 0.4) is 0 Å². The number of amides is 1. The van der Waals surface area contributed by atoms with Crippen molar-refractivity contribution in [1.82, 2.24) is 34.4 Å². The highest BCUT2D eigenvalue weighted by atomic mass is 16.2. The van der Waals surface area contributed by atoms with Crippen molar-refractivity contribution in [2.24, 2.45) is 0 Å². The predicted molar refractivity (Wildman–Crippen MR) is 148 cm³/mol. The fourth-order valence-electron chi connectivity index (χ4n) is 5.46. The van der Waals surface area contributed by atoms with E-state index in [1.165, 1.54) is 11.1 Å². The van der Waals surface area contributed by atoms with Crippen LogP contribution >= 0.6 is 0 Å². The maximum atomic E-state index is 12.7. The second-order valence-electron chi connectivity index (χ2n) is 10.6. The van der Waals surface area contributed by atoms with Crippen molar-refractivity contribution in [3.8, 4) is 11.3 Å². The molecule has 9 heteroatoms. The van der Waals surface area contributed by atoms with Crippen molar-refractivity contribution in [2.75, 3.05) is 51.2 Å². The van der Waals surface area contributed by atoms with Crippen LogP contribution in [-0.2, 0) is 4.79 Å². The van der Waals surface area contributed by atoms with Gasteiger partial charge in [0.25, 0.3) is 0 Å². The zero-order valence-corrected chi connectivity index (χ0v) is 22.9. The molecule has 0 unspecified atom stereocenters. The largest absolute Gasteiger partial charge is 0.353 e. The lowest BCUT2D eigenvalue weighted by Crippen LogP contribution is -2.51. The maximum Gasteiger partial charge on any atom is 0.236 e. The molecule has 0 saturated carbocycles. The number of carbonyl (C=O) groups excluding carboxylic acids is 1. The second kappa shape index (κ2) is 10.1. The number of hydrogen-bond donors (Lipinski definition) is 1. The van der Waals surface area contributed by atoms with Gasteiger partial charge in [-0.25, -0.2) is 14.5 Å². The molecule has 4 aromatic rings. The number of fused-ring (bicyclic) bond motifs is 2. The van der Waals surface area contributed by atoms with Gasteiger partial charge in [-0.1, -0.05) is 20.8 Å². The van der Waals surface area contributed by atoms with Crippen LogP contribution in [0, 0.1) is 13.8 Å². The van der Waals surface area contributed by atoms with Crippen LogP contribution in [0.5, 0.6) is 0 Å². The summed E-state index contributed by atoms with van der Waals surface area (Å²) in [5, 5.41) is 4.39. The van der Waals surface area contributed by atoms with Gasteiger partial charge >= 0.3 is 0 Å². The van der Waals surface area contributed by atoms with Crippen LogP contribution < -0.4 is 4.90 Å². The van der Waals surface area contributed by atoms with E-state index in [0.29, 0.717) is 6.54 Å². The molecule has 5 rings (SSSR count). The van der Waals surface area contributed by atoms with E-state index in [-0.39, 0.29) is 11.8 Å². The van der Waals surface area contributed by atoms with Crippen molar-refractivity contribution in [2.45, 2.75) is 47.0 Å². The molecule has 1 saturated heterocycles. The topological polar surface area (TPSA) is 85.7 Å². The SMILES string of the molecule is CCCN(C)CC(=O)N1CCN(c2ccc3[nH]c(-c4cn5ncnc5c(C)c4C)c(C(C)C)c3n2)CC1. The summed E-state index contributed by atoms with van der Waals surface area (Å²) in [6, 6.07) is 4.23. The van der Waals surface area contributed by atoms with Crippen LogP contribution in [0.4, 0.5) is 5.82 Å². The average Bonchev–Trinajstić information content (AvgIpc) is 3.50. The summed E-state index contributed by atoms with van der Waals surface area (Å²) in [5.74, 6) is 1.47. The van der Waals surface area contributed by atoms with Gasteiger partial charge in [0.15, 0.2) is 5.65 Å². The van der Waals surface area contributed by atoms with E-state index in [1.807, 2.05) is 16.5 Å². The Morgan fingerprint density at radius 2 is 1.89 bits per heavy atom. The molecule has 4 aromatic heterocycles. The Bertz CT molecular complexity index is 1430. The molecule has 1 N–H and O–H groups in total. The van der Waals surface area contributed by atoms with Crippen molar-refractivity contribution in [3.63, 3.8) is 0 Å². The number of pyridine rings is 2. The molecule has 196 valence electrons. The Hall–Kier alpha value is -3.46. The molecule has 37 heavy (non-hydrogen) atoms. The van der Waals surface area contributed by atoms with Crippen molar-refractivity contribution in [3.05, 3.63) is 41.3 Å². The van der Waals surface area contributed by atoms with E-state index in [1.54, 1.807) is 6.33 Å². The molecule has 9 nitrogen and oxygen atoms in total. The van der Waals surface area contributed by atoms with Crippen LogP contribution in [0.2, 0.25) is 0 Å². The first-order chi connectivity index (χ1) is 17.8. The van der Waals surface area contributed by atoms with Crippen molar-refractivity contribution in [1.29, 1.82) is 0 Å². The summed E-state index contributed by atoms with van der Waals surface area (Å²) in [4.78, 5) is 32.3. The highest BCUT2D eigenvalue weighted by molar-refractivity contribution is 5.90. The Balaban J connectivity index is 1.43. The van der Waals surface area contributed by atoms with Crippen LogP contribution in [-0.4, -0.2) is 86.6 Å². The van der Waals surface area contributed by atoms with Gasteiger partial charge in [0.2, 0.25) is 5.91 Å². The molecular formula is C28H38N8O. The number of H-pyrrole nitrogens is 1. The summed E-state index contributed by atoms with van der Waals surface area (Å²) in [7, 11) is 2.01. The number of rotatable bonds is 7. The fourth-order valence-corrected chi connectivity index (χ4v) is 5.46. The molecule has 0 radical (unpaired) electrons. The minimum Gasteiger partial charge on any atom is -0.353 e. The van der Waals surface area contributed by atoms with Crippen LogP contribution in [0.1, 0.15) is 49.8 Å². The lowest BCUT2D eigenvalue weighted by Gasteiger charge is -2.36. The standard InChI is InChI=1S/C28H38N8O/c1-7-10-33(6)16-24(37)35-13-11-34(12-14-35)23-9-8-22-27(32-23)25(18(2)3)26(31-22)21-15-36-28(29-17-30-36)20(5)19(21)4/h8-9,15,17-18,31H,7,10-14,16H2,1-6H3. The third-order valence-electron chi connectivity index (χ3n) is 7.60. The molecular weight excluding hydrogens is 464 g/mol. The summed E-state index contributed by atoms with van der Waals surface area (Å²) < 4.78 is 1.85. The van der Waals surface area contributed by atoms with Gasteiger partial charge < -0.3 is 14.8 Å². The molecule has 1 aliphatic heterocycles. The van der Waals surface area contributed by atoms with Crippen molar-refractivity contribution >= 4 is 28.4 Å². The molecule has 0 spiro atoms. The second-order valence-corrected chi connectivity index (χ2v) is 10.6. The number of aryl methyl sites for hydroxylation is 1. The summed E-state index contributed by atoms with van der Waals surface area (Å²) in [5.41, 5.74) is 8.69. The zero-order chi connectivity index (χ0) is 26.3. The first-order valence-corrected chi connectivity index (χ1v) is 13.3. The Kier molecular flexibility index (Phi) is 6.90. The molecule has 0 atom stereocenters. The maximum absolute atomic E-state index is 12.7. The molecule has 0 aromatic carbocycles. The highest BCUT2D eigenvalue weighted by Gasteiger charge is 2.25. The van der Waals surface area contributed by atoms with E-state index < -0.39 is 0 Å². The lowest BCUT2D eigenvalue weighted by molar-refractivity contribution is -0.132. The number of aromatic amines is 1. The van der Waals surface area contributed by atoms with E-state index in [2.05, 4.69) is 77.8 Å². The first-order valence-electron chi connectivity index (χ1n) is 13.3. The highest BCUT2D eigenvalue weighted by Crippen LogP contribution is 2.38. The third-order valence-corrected chi connectivity index (χ3v) is 7.60. The Labute approximate surface area is 218 Å². The van der Waals surface area contributed by atoms with E-state index in [0.717, 1.165) is 78.5 Å². The number of nitrogens with one attached hydrogen (secondary N) is 1. The number of aromatic nitrogens is 5. The average molecular weight is 503 g/mol. The quantitative estimate of drug-likeness (QED) is 0.411. The zero-order valence-electron chi connectivity index (χ0n) is 22.9. The first kappa shape index (κ1) is 25.2. The molecule has 1 fully saturated rings. The summed E-state index contributed by atoms with van der Waals surface area (Å²) in [6.07, 6.45) is 4.72. The Morgan fingerprint density at radius 1 is 1.14 bits per heavy atom. The molecule has 1 amide bonds. The van der Waals surface area contributed by atoms with E-state index in [4.69, 9.17) is 4.98 Å². The molecule has 1 aliphatic rings. The molecule has 0 aliphatic carbocycles. The van der Waals surface area contributed by atoms with Crippen molar-refractivity contribution < 1.29 is 4.79 Å². The van der Waals surface area contributed by atoms with Crippen LogP contribution in [0.15, 0.2) is 24.7 Å². The number of nitrogens with zero attached hydrogens (tertiary/aromatic N) is 7. The normalized spacial score (nSPS) is 14.6. The smallest absolute Gasteiger partial charge is 0.236 e. The number of piperazine rings is 1. The molecule has 5 heterocycles. The van der Waals surface area contributed by atoms with Gasteiger partial charge in [-0.3, -0.25) is 9.69 Å². The van der Waals surface area contributed by atoms with E-state index in [9.17, 15) is 4.79 Å². The van der Waals surface area contributed by atoms with E-state index >= 15 is 0 Å². The monoisotopic (exact) mass is 502 g/mol. The minimum absolute atomic E-state index is 0.214. The minimum atomic E-state index is 0.214. The fraction of sp³-hybridized carbons (Fsp3) is 0.500. The Morgan fingerprint density at radius 3 is 2.59 bits per heavy atom.